The number of amides is 2. The quantitative estimate of drug-likeness (QED) is 0.901. The molecule has 1 aliphatic heterocycles. The van der Waals surface area contributed by atoms with Gasteiger partial charge in [0.2, 0.25) is 5.91 Å². The molecule has 1 aromatic rings. The lowest BCUT2D eigenvalue weighted by molar-refractivity contribution is -0.122. The van der Waals surface area contributed by atoms with Crippen molar-refractivity contribution in [2.45, 2.75) is 32.2 Å². The van der Waals surface area contributed by atoms with E-state index >= 15 is 0 Å². The SMILES string of the molecule is COCCC(=O)NC1CCN(C(=O)c2cccc(C)c2)CC1. The van der Waals surface area contributed by atoms with Crippen molar-refractivity contribution in [1.29, 1.82) is 0 Å². The standard InChI is InChI=1S/C17H24N2O3/c1-13-4-3-5-14(12-13)17(21)19-9-6-15(7-10-19)18-16(20)8-11-22-2/h3-5,12,15H,6-11H2,1-2H3,(H,18,20). The predicted molar refractivity (Wildman–Crippen MR) is 84.7 cm³/mol. The van der Waals surface area contributed by atoms with Crippen molar-refractivity contribution in [2.75, 3.05) is 26.8 Å². The molecule has 1 saturated heterocycles. The maximum Gasteiger partial charge on any atom is 0.253 e. The molecule has 1 aliphatic rings. The Morgan fingerprint density at radius 3 is 2.68 bits per heavy atom. The fourth-order valence-electron chi connectivity index (χ4n) is 2.68. The van der Waals surface area contributed by atoms with Gasteiger partial charge in [-0.2, -0.15) is 0 Å². The first-order valence-electron chi connectivity index (χ1n) is 7.74. The molecule has 0 bridgehead atoms. The van der Waals surface area contributed by atoms with E-state index in [0.717, 1.165) is 24.0 Å². The van der Waals surface area contributed by atoms with Gasteiger partial charge in [0, 0.05) is 38.2 Å². The predicted octanol–water partition coefficient (Wildman–Crippen LogP) is 1.75. The van der Waals surface area contributed by atoms with E-state index in [-0.39, 0.29) is 17.9 Å². The van der Waals surface area contributed by atoms with Gasteiger partial charge in [-0.25, -0.2) is 0 Å². The Bertz CT molecular complexity index is 522. The minimum absolute atomic E-state index is 0.0188. The number of benzene rings is 1. The molecular formula is C17H24N2O3. The van der Waals surface area contributed by atoms with Crippen LogP contribution in [-0.2, 0) is 9.53 Å². The topological polar surface area (TPSA) is 58.6 Å². The van der Waals surface area contributed by atoms with E-state index in [2.05, 4.69) is 5.32 Å². The number of nitrogens with zero attached hydrogens (tertiary/aromatic N) is 1. The number of carbonyl (C=O) groups excluding carboxylic acids is 2. The smallest absolute Gasteiger partial charge is 0.253 e. The van der Waals surface area contributed by atoms with Crippen LogP contribution in [0.25, 0.3) is 0 Å². The molecule has 1 heterocycles. The van der Waals surface area contributed by atoms with Crippen LogP contribution in [-0.4, -0.2) is 49.6 Å². The van der Waals surface area contributed by atoms with E-state index in [1.54, 1.807) is 7.11 Å². The van der Waals surface area contributed by atoms with Gasteiger partial charge in [-0.15, -0.1) is 0 Å². The molecule has 120 valence electrons. The van der Waals surface area contributed by atoms with Crippen molar-refractivity contribution in [3.05, 3.63) is 35.4 Å². The van der Waals surface area contributed by atoms with E-state index in [9.17, 15) is 9.59 Å². The minimum atomic E-state index is 0.0188. The van der Waals surface area contributed by atoms with Crippen LogP contribution < -0.4 is 5.32 Å². The van der Waals surface area contributed by atoms with Gasteiger partial charge in [-0.1, -0.05) is 17.7 Å². The fraction of sp³-hybridized carbons (Fsp3) is 0.529. The molecule has 5 nitrogen and oxygen atoms in total. The summed E-state index contributed by atoms with van der Waals surface area (Å²) in [6.07, 6.45) is 1.99. The Morgan fingerprint density at radius 2 is 2.05 bits per heavy atom. The van der Waals surface area contributed by atoms with E-state index in [0.29, 0.717) is 26.1 Å². The highest BCUT2D eigenvalue weighted by atomic mass is 16.5. The number of methoxy groups -OCH3 is 1. The van der Waals surface area contributed by atoms with Crippen LogP contribution in [0.5, 0.6) is 0 Å². The summed E-state index contributed by atoms with van der Waals surface area (Å²) in [4.78, 5) is 26.0. The number of rotatable bonds is 5. The van der Waals surface area contributed by atoms with Crippen molar-refractivity contribution in [1.82, 2.24) is 10.2 Å². The lowest BCUT2D eigenvalue weighted by Crippen LogP contribution is -2.46. The summed E-state index contributed by atoms with van der Waals surface area (Å²) in [5.74, 6) is 0.0955. The molecular weight excluding hydrogens is 280 g/mol. The largest absolute Gasteiger partial charge is 0.384 e. The van der Waals surface area contributed by atoms with Crippen LogP contribution in [0.2, 0.25) is 0 Å². The summed E-state index contributed by atoms with van der Waals surface area (Å²) in [7, 11) is 1.59. The molecule has 0 spiro atoms. The van der Waals surface area contributed by atoms with Crippen molar-refractivity contribution in [3.8, 4) is 0 Å². The molecule has 0 saturated carbocycles. The lowest BCUT2D eigenvalue weighted by atomic mass is 10.0. The summed E-state index contributed by atoms with van der Waals surface area (Å²) in [6, 6.07) is 7.82. The molecule has 1 fully saturated rings. The molecule has 1 N–H and O–H groups in total. The Kier molecular flexibility index (Phi) is 5.95. The lowest BCUT2D eigenvalue weighted by Gasteiger charge is -2.32. The monoisotopic (exact) mass is 304 g/mol. The molecule has 2 rings (SSSR count). The first-order chi connectivity index (χ1) is 10.6. The molecule has 1 aromatic carbocycles. The van der Waals surface area contributed by atoms with Gasteiger partial charge < -0.3 is 15.0 Å². The fourth-order valence-corrected chi connectivity index (χ4v) is 2.68. The minimum Gasteiger partial charge on any atom is -0.384 e. The second kappa shape index (κ2) is 7.94. The van der Waals surface area contributed by atoms with Gasteiger partial charge in [0.1, 0.15) is 0 Å². The second-order valence-corrected chi connectivity index (χ2v) is 5.75. The average molecular weight is 304 g/mol. The van der Waals surface area contributed by atoms with E-state index in [4.69, 9.17) is 4.74 Å². The van der Waals surface area contributed by atoms with Crippen molar-refractivity contribution in [2.24, 2.45) is 0 Å². The van der Waals surface area contributed by atoms with E-state index < -0.39 is 0 Å². The zero-order valence-corrected chi connectivity index (χ0v) is 13.3. The number of nitrogens with one attached hydrogen (secondary N) is 1. The Morgan fingerprint density at radius 1 is 1.32 bits per heavy atom. The maximum absolute atomic E-state index is 12.4. The first kappa shape index (κ1) is 16.5. The molecule has 0 unspecified atom stereocenters. The maximum atomic E-state index is 12.4. The van der Waals surface area contributed by atoms with Gasteiger partial charge in [-0.05, 0) is 31.9 Å². The number of hydrogen-bond donors (Lipinski definition) is 1. The highest BCUT2D eigenvalue weighted by Crippen LogP contribution is 2.15. The summed E-state index contributed by atoms with van der Waals surface area (Å²) >= 11 is 0. The zero-order valence-electron chi connectivity index (χ0n) is 13.3. The Balaban J connectivity index is 1.82. The van der Waals surface area contributed by atoms with Gasteiger partial charge >= 0.3 is 0 Å². The van der Waals surface area contributed by atoms with Gasteiger partial charge in [-0.3, -0.25) is 9.59 Å². The Hall–Kier alpha value is -1.88. The number of aryl methyl sites for hydroxylation is 1. The second-order valence-electron chi connectivity index (χ2n) is 5.75. The van der Waals surface area contributed by atoms with Crippen LogP contribution in [0.15, 0.2) is 24.3 Å². The highest BCUT2D eigenvalue weighted by molar-refractivity contribution is 5.94. The zero-order chi connectivity index (χ0) is 15.9. The summed E-state index contributed by atoms with van der Waals surface area (Å²) in [6.45, 7) is 3.79. The van der Waals surface area contributed by atoms with Gasteiger partial charge in [0.25, 0.3) is 5.91 Å². The average Bonchev–Trinajstić information content (AvgIpc) is 2.53. The molecule has 5 heteroatoms. The van der Waals surface area contributed by atoms with Crippen LogP contribution >= 0.6 is 0 Å². The number of hydrogen-bond acceptors (Lipinski definition) is 3. The van der Waals surface area contributed by atoms with Crippen molar-refractivity contribution < 1.29 is 14.3 Å². The van der Waals surface area contributed by atoms with Crippen molar-refractivity contribution >= 4 is 11.8 Å². The molecule has 0 radical (unpaired) electrons. The highest BCUT2D eigenvalue weighted by Gasteiger charge is 2.24. The number of carbonyl (C=O) groups is 2. The van der Waals surface area contributed by atoms with Crippen LogP contribution in [0, 0.1) is 6.92 Å². The van der Waals surface area contributed by atoms with Crippen LogP contribution in [0.4, 0.5) is 0 Å². The van der Waals surface area contributed by atoms with E-state index in [1.807, 2.05) is 36.1 Å². The molecule has 22 heavy (non-hydrogen) atoms. The van der Waals surface area contributed by atoms with Crippen LogP contribution in [0.1, 0.15) is 35.2 Å². The third-order valence-corrected chi connectivity index (χ3v) is 3.95. The molecule has 0 atom stereocenters. The normalized spacial score (nSPS) is 15.6. The third-order valence-electron chi connectivity index (χ3n) is 3.95. The molecule has 0 aliphatic carbocycles. The number of ether oxygens (including phenoxy) is 1. The molecule has 2 amide bonds. The number of piperidine rings is 1. The van der Waals surface area contributed by atoms with Gasteiger partial charge in [0.15, 0.2) is 0 Å². The van der Waals surface area contributed by atoms with E-state index in [1.165, 1.54) is 0 Å². The third kappa shape index (κ3) is 4.56. The first-order valence-corrected chi connectivity index (χ1v) is 7.74. The van der Waals surface area contributed by atoms with Crippen molar-refractivity contribution in [3.63, 3.8) is 0 Å². The Labute approximate surface area is 131 Å². The summed E-state index contributed by atoms with van der Waals surface area (Å²) in [5.41, 5.74) is 1.83. The molecule has 0 aromatic heterocycles. The number of likely N-dealkylation sites (tertiary alicyclic amines) is 1. The van der Waals surface area contributed by atoms with Gasteiger partial charge in [0.05, 0.1) is 6.61 Å². The van der Waals surface area contributed by atoms with Crippen LogP contribution in [0.3, 0.4) is 0 Å². The summed E-state index contributed by atoms with van der Waals surface area (Å²) < 4.78 is 4.90. The summed E-state index contributed by atoms with van der Waals surface area (Å²) in [5, 5.41) is 3.01.